The number of aromatic hydroxyl groups is 1. The number of phenolic OH excluding ortho intramolecular Hbond substituents is 1. The van der Waals surface area contributed by atoms with E-state index < -0.39 is 0 Å². The zero-order valence-corrected chi connectivity index (χ0v) is 8.57. The standard InChI is InChI=1S/C12H15NO/c1-3-12(9(2)8-13)10-5-4-6-11(14)7-10/h4-7,9,12,14H,3H2,1-2H3/t9-,12+/m0/s1. The van der Waals surface area contributed by atoms with Gasteiger partial charge in [-0.2, -0.15) is 5.26 Å². The summed E-state index contributed by atoms with van der Waals surface area (Å²) in [5, 5.41) is 18.2. The number of nitriles is 1. The maximum Gasteiger partial charge on any atom is 0.115 e. The fourth-order valence-electron chi connectivity index (χ4n) is 1.72. The Labute approximate surface area is 84.8 Å². The number of benzene rings is 1. The third-order valence-corrected chi connectivity index (χ3v) is 2.55. The summed E-state index contributed by atoms with van der Waals surface area (Å²) >= 11 is 0. The fourth-order valence-corrected chi connectivity index (χ4v) is 1.72. The second-order valence-electron chi connectivity index (χ2n) is 3.53. The third-order valence-electron chi connectivity index (χ3n) is 2.55. The molecule has 1 aromatic rings. The molecule has 0 spiro atoms. The van der Waals surface area contributed by atoms with Crippen molar-refractivity contribution in [2.45, 2.75) is 26.2 Å². The van der Waals surface area contributed by atoms with Gasteiger partial charge in [-0.25, -0.2) is 0 Å². The Kier molecular flexibility index (Phi) is 3.53. The van der Waals surface area contributed by atoms with Crippen LogP contribution in [0, 0.1) is 17.2 Å². The van der Waals surface area contributed by atoms with Gasteiger partial charge in [0.1, 0.15) is 5.75 Å². The minimum Gasteiger partial charge on any atom is -0.508 e. The van der Waals surface area contributed by atoms with Crippen LogP contribution < -0.4 is 0 Å². The van der Waals surface area contributed by atoms with Crippen LogP contribution >= 0.6 is 0 Å². The van der Waals surface area contributed by atoms with E-state index in [1.165, 1.54) is 0 Å². The van der Waals surface area contributed by atoms with Crippen molar-refractivity contribution in [3.63, 3.8) is 0 Å². The summed E-state index contributed by atoms with van der Waals surface area (Å²) in [4.78, 5) is 0. The lowest BCUT2D eigenvalue weighted by molar-refractivity contribution is 0.470. The Morgan fingerprint density at radius 1 is 1.50 bits per heavy atom. The highest BCUT2D eigenvalue weighted by molar-refractivity contribution is 5.30. The van der Waals surface area contributed by atoms with E-state index in [-0.39, 0.29) is 17.6 Å². The predicted molar refractivity (Wildman–Crippen MR) is 55.9 cm³/mol. The number of nitrogens with zero attached hydrogens (tertiary/aromatic N) is 1. The first-order chi connectivity index (χ1) is 6.69. The molecular formula is C12H15NO. The molecule has 0 bridgehead atoms. The van der Waals surface area contributed by atoms with Gasteiger partial charge in [0.15, 0.2) is 0 Å². The summed E-state index contributed by atoms with van der Waals surface area (Å²) in [5.74, 6) is 0.472. The van der Waals surface area contributed by atoms with Crippen LogP contribution in [0.5, 0.6) is 5.75 Å². The van der Waals surface area contributed by atoms with Crippen LogP contribution in [0.3, 0.4) is 0 Å². The Hall–Kier alpha value is -1.49. The molecule has 2 heteroatoms. The molecule has 74 valence electrons. The SMILES string of the molecule is CC[C@@H](c1cccc(O)c1)[C@@H](C)C#N. The molecule has 0 saturated heterocycles. The van der Waals surface area contributed by atoms with Gasteiger partial charge in [0, 0.05) is 0 Å². The van der Waals surface area contributed by atoms with E-state index in [0.717, 1.165) is 12.0 Å². The van der Waals surface area contributed by atoms with Crippen molar-refractivity contribution in [2.24, 2.45) is 5.92 Å². The summed E-state index contributed by atoms with van der Waals surface area (Å²) in [6, 6.07) is 9.41. The predicted octanol–water partition coefficient (Wildman–Crippen LogP) is 3.05. The van der Waals surface area contributed by atoms with Crippen molar-refractivity contribution in [3.8, 4) is 11.8 Å². The molecule has 0 fully saturated rings. The molecule has 0 aliphatic rings. The monoisotopic (exact) mass is 189 g/mol. The number of phenols is 1. The molecule has 1 N–H and O–H groups in total. The minimum absolute atomic E-state index is 0.0122. The zero-order valence-electron chi connectivity index (χ0n) is 8.57. The number of hydrogen-bond donors (Lipinski definition) is 1. The van der Waals surface area contributed by atoms with E-state index in [1.807, 2.05) is 19.1 Å². The van der Waals surface area contributed by atoms with Gasteiger partial charge >= 0.3 is 0 Å². The second kappa shape index (κ2) is 4.66. The van der Waals surface area contributed by atoms with Crippen molar-refractivity contribution >= 4 is 0 Å². The van der Waals surface area contributed by atoms with E-state index in [4.69, 9.17) is 5.26 Å². The molecule has 0 heterocycles. The first-order valence-electron chi connectivity index (χ1n) is 4.87. The largest absolute Gasteiger partial charge is 0.508 e. The average molecular weight is 189 g/mol. The normalized spacial score (nSPS) is 14.4. The molecule has 0 unspecified atom stereocenters. The summed E-state index contributed by atoms with van der Waals surface area (Å²) in [7, 11) is 0. The van der Waals surface area contributed by atoms with Gasteiger partial charge in [0.2, 0.25) is 0 Å². The van der Waals surface area contributed by atoms with Crippen LogP contribution in [-0.4, -0.2) is 5.11 Å². The van der Waals surface area contributed by atoms with Gasteiger partial charge < -0.3 is 5.11 Å². The second-order valence-corrected chi connectivity index (χ2v) is 3.53. The molecular weight excluding hydrogens is 174 g/mol. The minimum atomic E-state index is -0.0122. The van der Waals surface area contributed by atoms with Crippen LogP contribution in [0.2, 0.25) is 0 Å². The van der Waals surface area contributed by atoms with Crippen LogP contribution in [0.25, 0.3) is 0 Å². The first-order valence-corrected chi connectivity index (χ1v) is 4.87. The van der Waals surface area contributed by atoms with Crippen molar-refractivity contribution in [1.29, 1.82) is 5.26 Å². The summed E-state index contributed by atoms with van der Waals surface area (Å²) < 4.78 is 0. The van der Waals surface area contributed by atoms with E-state index in [9.17, 15) is 5.11 Å². The molecule has 0 aliphatic carbocycles. The Balaban J connectivity index is 2.96. The van der Waals surface area contributed by atoms with Crippen molar-refractivity contribution < 1.29 is 5.11 Å². The van der Waals surface area contributed by atoms with Crippen molar-refractivity contribution in [1.82, 2.24) is 0 Å². The van der Waals surface area contributed by atoms with Crippen LogP contribution in [0.15, 0.2) is 24.3 Å². The summed E-state index contributed by atoms with van der Waals surface area (Å²) in [5.41, 5.74) is 1.04. The van der Waals surface area contributed by atoms with Crippen LogP contribution in [0.4, 0.5) is 0 Å². The number of hydrogen-bond acceptors (Lipinski definition) is 2. The molecule has 0 saturated carbocycles. The maximum absolute atomic E-state index is 9.33. The molecule has 2 atom stereocenters. The Morgan fingerprint density at radius 3 is 2.71 bits per heavy atom. The highest BCUT2D eigenvalue weighted by atomic mass is 16.3. The lowest BCUT2D eigenvalue weighted by Crippen LogP contribution is -2.06. The Morgan fingerprint density at radius 2 is 2.21 bits per heavy atom. The fraction of sp³-hybridized carbons (Fsp3) is 0.417. The zero-order chi connectivity index (χ0) is 10.6. The quantitative estimate of drug-likeness (QED) is 0.794. The molecule has 14 heavy (non-hydrogen) atoms. The van der Waals surface area contributed by atoms with Crippen LogP contribution in [-0.2, 0) is 0 Å². The van der Waals surface area contributed by atoms with Gasteiger partial charge in [-0.3, -0.25) is 0 Å². The smallest absolute Gasteiger partial charge is 0.115 e. The van der Waals surface area contributed by atoms with Gasteiger partial charge in [0.05, 0.1) is 12.0 Å². The van der Waals surface area contributed by atoms with Gasteiger partial charge in [-0.1, -0.05) is 19.1 Å². The van der Waals surface area contributed by atoms with E-state index in [0.29, 0.717) is 0 Å². The van der Waals surface area contributed by atoms with Gasteiger partial charge in [-0.15, -0.1) is 0 Å². The molecule has 0 radical (unpaired) electrons. The highest BCUT2D eigenvalue weighted by Crippen LogP contribution is 2.29. The Bertz CT molecular complexity index is 340. The maximum atomic E-state index is 9.33. The lowest BCUT2D eigenvalue weighted by Gasteiger charge is -2.17. The van der Waals surface area contributed by atoms with E-state index in [2.05, 4.69) is 13.0 Å². The summed E-state index contributed by atoms with van der Waals surface area (Å²) in [6.07, 6.45) is 0.915. The molecule has 0 amide bonds. The third kappa shape index (κ3) is 2.26. The molecule has 0 aliphatic heterocycles. The average Bonchev–Trinajstić information content (AvgIpc) is 2.19. The van der Waals surface area contributed by atoms with Gasteiger partial charge in [-0.05, 0) is 37.0 Å². The molecule has 1 aromatic carbocycles. The van der Waals surface area contributed by atoms with Gasteiger partial charge in [0.25, 0.3) is 0 Å². The van der Waals surface area contributed by atoms with E-state index >= 15 is 0 Å². The molecule has 1 rings (SSSR count). The van der Waals surface area contributed by atoms with E-state index in [1.54, 1.807) is 12.1 Å². The number of rotatable bonds is 3. The lowest BCUT2D eigenvalue weighted by atomic mass is 9.86. The topological polar surface area (TPSA) is 44.0 Å². The first kappa shape index (κ1) is 10.6. The molecule has 0 aromatic heterocycles. The molecule has 2 nitrogen and oxygen atoms in total. The van der Waals surface area contributed by atoms with Crippen molar-refractivity contribution in [3.05, 3.63) is 29.8 Å². The highest BCUT2D eigenvalue weighted by Gasteiger charge is 2.16. The van der Waals surface area contributed by atoms with Crippen LogP contribution in [0.1, 0.15) is 31.7 Å². The summed E-state index contributed by atoms with van der Waals surface area (Å²) in [6.45, 7) is 3.97. The van der Waals surface area contributed by atoms with Crippen molar-refractivity contribution in [2.75, 3.05) is 0 Å².